The average molecular weight is 489 g/mol. The summed E-state index contributed by atoms with van der Waals surface area (Å²) in [6.07, 6.45) is 1.27. The van der Waals surface area contributed by atoms with E-state index in [0.717, 1.165) is 22.8 Å². The van der Waals surface area contributed by atoms with Gasteiger partial charge in [-0.05, 0) is 52.6 Å². The predicted octanol–water partition coefficient (Wildman–Crippen LogP) is 7.32. The molecular weight excluding hydrogens is 458 g/mol. The topological polar surface area (TPSA) is 68.3 Å². The van der Waals surface area contributed by atoms with Gasteiger partial charge in [0.1, 0.15) is 0 Å². The fourth-order valence-corrected chi connectivity index (χ4v) is 5.33. The molecule has 1 N–H and O–H groups in total. The van der Waals surface area contributed by atoms with Crippen LogP contribution in [0.15, 0.2) is 53.6 Å². The fourth-order valence-electron chi connectivity index (χ4n) is 3.58. The summed E-state index contributed by atoms with van der Waals surface area (Å²) < 4.78 is 62.2. The standard InChI is InChI=1S/C26H30F2N2O3S/c1-15(2)18-12-20(16(3)4)26(21(13-18)17(5)6)34(31,32)30-19-10-11-24(29-14-19)33-23-9-7-8-22(27)25(23)28/h7-17,30H,1-6H3. The number of hydrogen-bond donors (Lipinski definition) is 1. The zero-order valence-electron chi connectivity index (χ0n) is 20.2. The van der Waals surface area contributed by atoms with E-state index in [9.17, 15) is 17.2 Å². The van der Waals surface area contributed by atoms with Crippen molar-refractivity contribution in [3.05, 3.63) is 77.0 Å². The first-order valence-electron chi connectivity index (χ1n) is 11.2. The maximum Gasteiger partial charge on any atom is 0.262 e. The van der Waals surface area contributed by atoms with Crippen molar-refractivity contribution in [1.29, 1.82) is 0 Å². The van der Waals surface area contributed by atoms with E-state index < -0.39 is 21.7 Å². The van der Waals surface area contributed by atoms with Crippen LogP contribution in [0.2, 0.25) is 0 Å². The number of hydrogen-bond acceptors (Lipinski definition) is 4. The van der Waals surface area contributed by atoms with Gasteiger partial charge in [0.05, 0.1) is 16.8 Å². The van der Waals surface area contributed by atoms with E-state index in [1.807, 2.05) is 39.8 Å². The summed E-state index contributed by atoms with van der Waals surface area (Å²) in [6, 6.07) is 10.4. The van der Waals surface area contributed by atoms with Gasteiger partial charge in [0.2, 0.25) is 11.7 Å². The molecule has 0 unspecified atom stereocenters. The van der Waals surface area contributed by atoms with Crippen LogP contribution in [0, 0.1) is 11.6 Å². The molecule has 0 aliphatic rings. The third-order valence-electron chi connectivity index (χ3n) is 5.47. The Morgan fingerprint density at radius 1 is 0.882 bits per heavy atom. The van der Waals surface area contributed by atoms with E-state index in [1.54, 1.807) is 0 Å². The third-order valence-corrected chi connectivity index (χ3v) is 6.98. The van der Waals surface area contributed by atoms with Crippen molar-refractivity contribution in [2.45, 2.75) is 64.2 Å². The zero-order chi connectivity index (χ0) is 25.2. The number of rotatable bonds is 8. The smallest absolute Gasteiger partial charge is 0.262 e. The number of ether oxygens (including phenoxy) is 1. The summed E-state index contributed by atoms with van der Waals surface area (Å²) in [7, 11) is -3.93. The molecule has 0 saturated heterocycles. The lowest BCUT2D eigenvalue weighted by Crippen LogP contribution is -2.19. The van der Waals surface area contributed by atoms with Gasteiger partial charge in [-0.2, -0.15) is 4.39 Å². The van der Waals surface area contributed by atoms with E-state index >= 15 is 0 Å². The van der Waals surface area contributed by atoms with Gasteiger partial charge in [-0.15, -0.1) is 0 Å². The van der Waals surface area contributed by atoms with Gasteiger partial charge in [-0.25, -0.2) is 17.8 Å². The molecule has 1 heterocycles. The lowest BCUT2D eigenvalue weighted by Gasteiger charge is -2.23. The van der Waals surface area contributed by atoms with Gasteiger partial charge >= 0.3 is 0 Å². The van der Waals surface area contributed by atoms with Gasteiger partial charge in [-0.3, -0.25) is 4.72 Å². The molecule has 0 radical (unpaired) electrons. The van der Waals surface area contributed by atoms with E-state index in [0.29, 0.717) is 0 Å². The Balaban J connectivity index is 1.95. The van der Waals surface area contributed by atoms with Crippen LogP contribution in [0.5, 0.6) is 11.6 Å². The highest BCUT2D eigenvalue weighted by atomic mass is 32.2. The van der Waals surface area contributed by atoms with E-state index in [1.165, 1.54) is 30.5 Å². The molecule has 182 valence electrons. The second-order valence-corrected chi connectivity index (χ2v) is 10.8. The molecule has 0 saturated carbocycles. The minimum Gasteiger partial charge on any atom is -0.436 e. The van der Waals surface area contributed by atoms with E-state index in [-0.39, 0.29) is 40.0 Å². The van der Waals surface area contributed by atoms with E-state index in [4.69, 9.17) is 4.74 Å². The van der Waals surface area contributed by atoms with Gasteiger partial charge in [0.25, 0.3) is 10.0 Å². The molecule has 2 aromatic carbocycles. The number of pyridine rings is 1. The summed E-state index contributed by atoms with van der Waals surface area (Å²) in [5.74, 6) is -2.21. The second-order valence-electron chi connectivity index (χ2n) is 9.14. The molecule has 0 amide bonds. The number of nitrogens with zero attached hydrogens (tertiary/aromatic N) is 1. The highest BCUT2D eigenvalue weighted by Crippen LogP contribution is 2.36. The third kappa shape index (κ3) is 5.55. The number of halogens is 2. The van der Waals surface area contributed by atoms with Crippen LogP contribution in [-0.2, 0) is 10.0 Å². The lowest BCUT2D eigenvalue weighted by atomic mass is 9.89. The number of benzene rings is 2. The molecule has 8 heteroatoms. The largest absolute Gasteiger partial charge is 0.436 e. The van der Waals surface area contributed by atoms with Crippen molar-refractivity contribution in [2.24, 2.45) is 0 Å². The van der Waals surface area contributed by atoms with Crippen LogP contribution < -0.4 is 9.46 Å². The van der Waals surface area contributed by atoms with Crippen molar-refractivity contribution in [3.63, 3.8) is 0 Å². The molecule has 34 heavy (non-hydrogen) atoms. The zero-order valence-corrected chi connectivity index (χ0v) is 21.0. The maximum absolute atomic E-state index is 13.8. The van der Waals surface area contributed by atoms with Gasteiger partial charge in [-0.1, -0.05) is 59.7 Å². The Labute approximate surface area is 200 Å². The molecule has 3 aromatic rings. The van der Waals surface area contributed by atoms with Crippen LogP contribution in [0.1, 0.15) is 76.0 Å². The first-order chi connectivity index (χ1) is 15.9. The van der Waals surface area contributed by atoms with Gasteiger partial charge in [0.15, 0.2) is 11.6 Å². The SMILES string of the molecule is CC(C)c1cc(C(C)C)c(S(=O)(=O)Nc2ccc(Oc3cccc(F)c3F)nc2)c(C(C)C)c1. The highest BCUT2D eigenvalue weighted by Gasteiger charge is 2.27. The summed E-state index contributed by atoms with van der Waals surface area (Å²) >= 11 is 0. The number of anilines is 1. The van der Waals surface area contributed by atoms with Crippen molar-refractivity contribution in [1.82, 2.24) is 4.98 Å². The van der Waals surface area contributed by atoms with Crippen LogP contribution in [-0.4, -0.2) is 13.4 Å². The fraction of sp³-hybridized carbons (Fsp3) is 0.346. The molecule has 0 aliphatic heterocycles. The maximum atomic E-state index is 13.8. The Bertz CT molecular complexity index is 1240. The first-order valence-corrected chi connectivity index (χ1v) is 12.7. The minimum atomic E-state index is -3.93. The molecule has 0 aliphatic carbocycles. The van der Waals surface area contributed by atoms with Crippen molar-refractivity contribution in [3.8, 4) is 11.6 Å². The predicted molar refractivity (Wildman–Crippen MR) is 130 cm³/mol. The van der Waals surface area contributed by atoms with Crippen LogP contribution >= 0.6 is 0 Å². The molecule has 0 spiro atoms. The molecule has 1 aromatic heterocycles. The number of nitrogens with one attached hydrogen (secondary N) is 1. The monoisotopic (exact) mass is 488 g/mol. The summed E-state index contributed by atoms with van der Waals surface area (Å²) in [5, 5.41) is 0. The van der Waals surface area contributed by atoms with Gasteiger partial charge in [0, 0.05) is 6.07 Å². The van der Waals surface area contributed by atoms with Crippen molar-refractivity contribution < 1.29 is 21.9 Å². The number of aromatic nitrogens is 1. The molecule has 3 rings (SSSR count). The normalized spacial score (nSPS) is 12.0. The Morgan fingerprint density at radius 2 is 1.50 bits per heavy atom. The minimum absolute atomic E-state index is 0.000488. The van der Waals surface area contributed by atoms with Gasteiger partial charge < -0.3 is 4.74 Å². The summed E-state index contributed by atoms with van der Waals surface area (Å²) in [5.41, 5.74) is 2.84. The number of sulfonamides is 1. The van der Waals surface area contributed by atoms with Crippen molar-refractivity contribution in [2.75, 3.05) is 4.72 Å². The lowest BCUT2D eigenvalue weighted by molar-refractivity contribution is 0.405. The van der Waals surface area contributed by atoms with Crippen LogP contribution in [0.3, 0.4) is 0 Å². The summed E-state index contributed by atoms with van der Waals surface area (Å²) in [6.45, 7) is 12.1. The van der Waals surface area contributed by atoms with Crippen LogP contribution in [0.4, 0.5) is 14.5 Å². The molecular formula is C26H30F2N2O3S. The van der Waals surface area contributed by atoms with Crippen molar-refractivity contribution >= 4 is 15.7 Å². The average Bonchev–Trinajstić information content (AvgIpc) is 2.77. The molecule has 0 fully saturated rings. The second kappa shape index (κ2) is 10.1. The Kier molecular flexibility index (Phi) is 7.60. The Hall–Kier alpha value is -3.00. The van der Waals surface area contributed by atoms with E-state index in [2.05, 4.69) is 23.6 Å². The molecule has 5 nitrogen and oxygen atoms in total. The molecule has 0 atom stereocenters. The highest BCUT2D eigenvalue weighted by molar-refractivity contribution is 7.92. The first kappa shape index (κ1) is 25.6. The quantitative estimate of drug-likeness (QED) is 0.361. The molecule has 0 bridgehead atoms. The Morgan fingerprint density at radius 3 is 2.00 bits per heavy atom. The summed E-state index contributed by atoms with van der Waals surface area (Å²) in [4.78, 5) is 4.32. The van der Waals surface area contributed by atoms with Crippen LogP contribution in [0.25, 0.3) is 0 Å².